The lowest BCUT2D eigenvalue weighted by molar-refractivity contribution is 0.0141. The Kier molecular flexibility index (Phi) is 10.7. The molecule has 0 saturated carbocycles. The van der Waals surface area contributed by atoms with Gasteiger partial charge in [0.15, 0.2) is 0 Å². The molecule has 0 aromatic heterocycles. The van der Waals surface area contributed by atoms with Crippen LogP contribution in [0.1, 0.15) is 44.9 Å². The van der Waals surface area contributed by atoms with E-state index in [1.807, 2.05) is 6.08 Å². The van der Waals surface area contributed by atoms with Gasteiger partial charge in [-0.05, 0) is 57.3 Å². The first-order valence-corrected chi connectivity index (χ1v) is 10.5. The highest BCUT2D eigenvalue weighted by Crippen LogP contribution is 2.18. The summed E-state index contributed by atoms with van der Waals surface area (Å²) in [6.45, 7) is 7.64. The normalized spacial score (nSPS) is 14.8. The maximum atomic E-state index is 13.7. The Morgan fingerprint density at radius 2 is 1.93 bits per heavy atom. The third-order valence-electron chi connectivity index (χ3n) is 5.03. The number of unbranched alkanes of at least 4 members (excludes halogenated alkanes) is 3. The SMILES string of the molecule is C=CCCNCCCCCCOC1CCN(C(=O)Nc2ccc(F)cc2F)CC1. The molecule has 1 fully saturated rings. The Bertz CT molecular complexity index is 634. The Morgan fingerprint density at radius 3 is 2.66 bits per heavy atom. The maximum Gasteiger partial charge on any atom is 0.321 e. The molecule has 2 rings (SSSR count). The molecule has 7 heteroatoms. The summed E-state index contributed by atoms with van der Waals surface area (Å²) in [5, 5.41) is 5.89. The summed E-state index contributed by atoms with van der Waals surface area (Å²) >= 11 is 0. The summed E-state index contributed by atoms with van der Waals surface area (Å²) < 4.78 is 32.5. The fourth-order valence-electron chi connectivity index (χ4n) is 3.30. The number of nitrogens with one attached hydrogen (secondary N) is 2. The van der Waals surface area contributed by atoms with Gasteiger partial charge in [0.1, 0.15) is 11.6 Å². The van der Waals surface area contributed by atoms with Crippen LogP contribution < -0.4 is 10.6 Å². The van der Waals surface area contributed by atoms with Gasteiger partial charge < -0.3 is 20.3 Å². The van der Waals surface area contributed by atoms with Crippen molar-refractivity contribution >= 4 is 11.7 Å². The van der Waals surface area contributed by atoms with Crippen LogP contribution >= 0.6 is 0 Å². The van der Waals surface area contributed by atoms with Gasteiger partial charge in [-0.2, -0.15) is 0 Å². The molecular formula is C22H33F2N3O2. The number of urea groups is 1. The number of hydrogen-bond donors (Lipinski definition) is 2. The molecule has 0 atom stereocenters. The first-order valence-electron chi connectivity index (χ1n) is 10.5. The average molecular weight is 410 g/mol. The van der Waals surface area contributed by atoms with E-state index in [9.17, 15) is 13.6 Å². The molecular weight excluding hydrogens is 376 g/mol. The predicted molar refractivity (Wildman–Crippen MR) is 112 cm³/mol. The van der Waals surface area contributed by atoms with Gasteiger partial charge in [-0.15, -0.1) is 6.58 Å². The first-order chi connectivity index (χ1) is 14.1. The van der Waals surface area contributed by atoms with E-state index >= 15 is 0 Å². The molecule has 2 N–H and O–H groups in total. The number of halogens is 2. The van der Waals surface area contributed by atoms with Crippen LogP contribution in [0.15, 0.2) is 30.9 Å². The molecule has 0 spiro atoms. The van der Waals surface area contributed by atoms with Crippen molar-refractivity contribution in [3.8, 4) is 0 Å². The third-order valence-corrected chi connectivity index (χ3v) is 5.03. The Labute approximate surface area is 172 Å². The van der Waals surface area contributed by atoms with Crippen LogP contribution in [0.2, 0.25) is 0 Å². The smallest absolute Gasteiger partial charge is 0.321 e. The van der Waals surface area contributed by atoms with Crippen molar-refractivity contribution in [1.29, 1.82) is 0 Å². The number of hydrogen-bond acceptors (Lipinski definition) is 3. The summed E-state index contributed by atoms with van der Waals surface area (Å²) in [6, 6.07) is 2.75. The number of rotatable bonds is 12. The third kappa shape index (κ3) is 8.92. The Hall–Kier alpha value is -1.99. The standard InChI is InChI=1S/C22H33F2N3O2/c1-2-3-12-25-13-6-4-5-7-16-29-19-10-14-27(15-11-19)22(28)26-21-9-8-18(23)17-20(21)24/h2,8-9,17,19,25H,1,3-7,10-16H2,(H,26,28). The van der Waals surface area contributed by atoms with Crippen LogP contribution in [0, 0.1) is 11.6 Å². The van der Waals surface area contributed by atoms with Gasteiger partial charge in [-0.25, -0.2) is 13.6 Å². The molecule has 1 aliphatic rings. The van der Waals surface area contributed by atoms with E-state index in [4.69, 9.17) is 4.74 Å². The second-order valence-corrected chi connectivity index (χ2v) is 7.35. The van der Waals surface area contributed by atoms with Crippen LogP contribution in [0.5, 0.6) is 0 Å². The number of carbonyl (C=O) groups excluding carboxylic acids is 1. The van der Waals surface area contributed by atoms with Gasteiger partial charge in [0.25, 0.3) is 0 Å². The predicted octanol–water partition coefficient (Wildman–Crippen LogP) is 4.70. The number of benzene rings is 1. The molecule has 1 aromatic rings. The highest BCUT2D eigenvalue weighted by Gasteiger charge is 2.23. The lowest BCUT2D eigenvalue weighted by atomic mass is 10.1. The molecule has 1 saturated heterocycles. The van der Waals surface area contributed by atoms with Gasteiger partial charge in [0.05, 0.1) is 11.8 Å². The van der Waals surface area contributed by atoms with Crippen molar-refractivity contribution in [3.05, 3.63) is 42.5 Å². The van der Waals surface area contributed by atoms with Crippen LogP contribution in [-0.4, -0.2) is 49.8 Å². The molecule has 29 heavy (non-hydrogen) atoms. The van der Waals surface area contributed by atoms with Gasteiger partial charge in [-0.3, -0.25) is 0 Å². The molecule has 2 amide bonds. The number of nitrogens with zero attached hydrogens (tertiary/aromatic N) is 1. The molecule has 5 nitrogen and oxygen atoms in total. The van der Waals surface area contributed by atoms with Crippen LogP contribution in [-0.2, 0) is 4.74 Å². The minimum Gasteiger partial charge on any atom is -0.378 e. The fraction of sp³-hybridized carbons (Fsp3) is 0.591. The Balaban J connectivity index is 1.52. The molecule has 1 heterocycles. The average Bonchev–Trinajstić information content (AvgIpc) is 2.72. The van der Waals surface area contributed by atoms with E-state index in [1.54, 1.807) is 4.90 Å². The minimum absolute atomic E-state index is 0.00863. The molecule has 1 aromatic carbocycles. The van der Waals surface area contributed by atoms with Crippen molar-refractivity contribution in [2.75, 3.05) is 38.1 Å². The van der Waals surface area contributed by atoms with E-state index < -0.39 is 11.6 Å². The van der Waals surface area contributed by atoms with E-state index in [-0.39, 0.29) is 17.8 Å². The minimum atomic E-state index is -0.774. The monoisotopic (exact) mass is 409 g/mol. The zero-order chi connectivity index (χ0) is 20.9. The quantitative estimate of drug-likeness (QED) is 0.389. The van der Waals surface area contributed by atoms with E-state index in [0.29, 0.717) is 13.1 Å². The number of anilines is 1. The summed E-state index contributed by atoms with van der Waals surface area (Å²) in [4.78, 5) is 13.9. The summed E-state index contributed by atoms with van der Waals surface area (Å²) in [6.07, 6.45) is 9.23. The number of carbonyl (C=O) groups is 1. The number of piperidine rings is 1. The van der Waals surface area contributed by atoms with Gasteiger partial charge in [-0.1, -0.05) is 18.9 Å². The zero-order valence-electron chi connectivity index (χ0n) is 17.1. The van der Waals surface area contributed by atoms with E-state index in [0.717, 1.165) is 63.9 Å². The summed E-state index contributed by atoms with van der Waals surface area (Å²) in [5.74, 6) is -1.44. The van der Waals surface area contributed by atoms with Crippen LogP contribution in [0.4, 0.5) is 19.3 Å². The maximum absolute atomic E-state index is 13.7. The number of ether oxygens (including phenoxy) is 1. The highest BCUT2D eigenvalue weighted by molar-refractivity contribution is 5.89. The van der Waals surface area contributed by atoms with Crippen molar-refractivity contribution < 1.29 is 18.3 Å². The van der Waals surface area contributed by atoms with Crippen molar-refractivity contribution in [3.63, 3.8) is 0 Å². The van der Waals surface area contributed by atoms with Crippen molar-refractivity contribution in [2.45, 2.75) is 51.0 Å². The number of amides is 2. The van der Waals surface area contributed by atoms with Crippen LogP contribution in [0.25, 0.3) is 0 Å². The molecule has 1 aliphatic heterocycles. The Morgan fingerprint density at radius 1 is 1.17 bits per heavy atom. The van der Waals surface area contributed by atoms with Gasteiger partial charge in [0, 0.05) is 25.8 Å². The fourth-order valence-corrected chi connectivity index (χ4v) is 3.30. The van der Waals surface area contributed by atoms with Gasteiger partial charge >= 0.3 is 6.03 Å². The second-order valence-electron chi connectivity index (χ2n) is 7.35. The topological polar surface area (TPSA) is 53.6 Å². The highest BCUT2D eigenvalue weighted by atomic mass is 19.1. The van der Waals surface area contributed by atoms with Crippen molar-refractivity contribution in [2.24, 2.45) is 0 Å². The van der Waals surface area contributed by atoms with Crippen LogP contribution in [0.3, 0.4) is 0 Å². The lowest BCUT2D eigenvalue weighted by Gasteiger charge is -2.32. The van der Waals surface area contributed by atoms with E-state index in [1.165, 1.54) is 18.9 Å². The van der Waals surface area contributed by atoms with Gasteiger partial charge in [0.2, 0.25) is 0 Å². The zero-order valence-corrected chi connectivity index (χ0v) is 17.1. The second kappa shape index (κ2) is 13.3. The molecule has 162 valence electrons. The summed E-state index contributed by atoms with van der Waals surface area (Å²) in [5.41, 5.74) is -0.00863. The first kappa shape index (κ1) is 23.3. The molecule has 0 radical (unpaired) electrons. The molecule has 0 unspecified atom stereocenters. The summed E-state index contributed by atoms with van der Waals surface area (Å²) in [7, 11) is 0. The lowest BCUT2D eigenvalue weighted by Crippen LogP contribution is -2.43. The number of likely N-dealkylation sites (tertiary alicyclic amines) is 1. The molecule has 0 bridgehead atoms. The van der Waals surface area contributed by atoms with Crippen molar-refractivity contribution in [1.82, 2.24) is 10.2 Å². The largest absolute Gasteiger partial charge is 0.378 e. The molecule has 0 aliphatic carbocycles. The van der Waals surface area contributed by atoms with E-state index in [2.05, 4.69) is 17.2 Å².